The van der Waals surface area contributed by atoms with E-state index in [1.165, 1.54) is 24.3 Å². The van der Waals surface area contributed by atoms with Gasteiger partial charge in [-0.2, -0.15) is 0 Å². The fourth-order valence-corrected chi connectivity index (χ4v) is 4.74. The Morgan fingerprint density at radius 1 is 1.03 bits per heavy atom. The molecule has 5 nitrogen and oxygen atoms in total. The fourth-order valence-electron chi connectivity index (χ4n) is 4.74. The third-order valence-electron chi connectivity index (χ3n) is 6.49. The molecule has 3 aromatic carbocycles. The molecule has 1 aliphatic rings. The molecule has 1 saturated heterocycles. The Kier molecular flexibility index (Phi) is 6.41. The topological polar surface area (TPSA) is 70.2 Å². The first kappa shape index (κ1) is 22.7. The fraction of sp³-hybridized carbons (Fsp3) is 0.296. The van der Waals surface area contributed by atoms with Crippen molar-refractivity contribution < 1.29 is 18.6 Å². The second-order valence-corrected chi connectivity index (χ2v) is 8.92. The number of aliphatic hydroxyl groups is 1. The van der Waals surface area contributed by atoms with Crippen molar-refractivity contribution in [3.63, 3.8) is 0 Å². The maximum atomic E-state index is 13.5. The molecule has 0 spiro atoms. The summed E-state index contributed by atoms with van der Waals surface area (Å²) in [5.74, 6) is -0.0152. The first-order chi connectivity index (χ1) is 16.5. The molecule has 2 heterocycles. The predicted octanol–water partition coefficient (Wildman–Crippen LogP) is 4.59. The van der Waals surface area contributed by atoms with Crippen LogP contribution in [-0.2, 0) is 11.3 Å². The molecule has 0 amide bonds. The maximum absolute atomic E-state index is 13.5. The van der Waals surface area contributed by atoms with Gasteiger partial charge in [0.05, 0.1) is 35.9 Å². The summed E-state index contributed by atoms with van der Waals surface area (Å²) in [7, 11) is 0. The number of nitrogens with zero attached hydrogens (tertiary/aromatic N) is 1. The molecule has 7 heteroatoms. The molecule has 1 aliphatic heterocycles. The highest BCUT2D eigenvalue weighted by atomic mass is 19.1. The zero-order chi connectivity index (χ0) is 23.7. The Morgan fingerprint density at radius 2 is 1.68 bits per heavy atom. The van der Waals surface area contributed by atoms with Gasteiger partial charge in [0, 0.05) is 18.9 Å². The number of aromatic amines is 1. The highest BCUT2D eigenvalue weighted by Crippen LogP contribution is 2.35. The average molecular weight is 464 g/mol. The van der Waals surface area contributed by atoms with E-state index in [1.54, 1.807) is 24.3 Å². The molecule has 34 heavy (non-hydrogen) atoms. The van der Waals surface area contributed by atoms with E-state index in [-0.39, 0.29) is 29.7 Å². The Labute approximate surface area is 196 Å². The summed E-state index contributed by atoms with van der Waals surface area (Å²) in [4.78, 5) is 7.69. The summed E-state index contributed by atoms with van der Waals surface area (Å²) in [5, 5.41) is 14.3. The second-order valence-electron chi connectivity index (χ2n) is 8.92. The van der Waals surface area contributed by atoms with Crippen LogP contribution < -0.4 is 5.32 Å². The lowest BCUT2D eigenvalue weighted by Gasteiger charge is -2.38. The molecule has 4 aromatic rings. The van der Waals surface area contributed by atoms with Crippen LogP contribution in [0.25, 0.3) is 11.0 Å². The number of benzene rings is 3. The molecule has 1 fully saturated rings. The van der Waals surface area contributed by atoms with Crippen LogP contribution in [0.3, 0.4) is 0 Å². The molecule has 0 saturated carbocycles. The standard InChI is InChI=1S/C27H27F2N3O2/c1-16-31-22-11-2-17(12-23(22)32-16)14-30-24-15-34-26(13-25(24)33)27(18-3-7-20(28)8-4-18)19-5-9-21(29)10-6-19/h2-12,24-27,30,33H,13-15H2,1H3,(H,31,32). The lowest BCUT2D eigenvalue weighted by Crippen LogP contribution is -2.50. The molecule has 3 unspecified atom stereocenters. The van der Waals surface area contributed by atoms with Crippen molar-refractivity contribution in [1.29, 1.82) is 0 Å². The van der Waals surface area contributed by atoms with Crippen LogP contribution >= 0.6 is 0 Å². The van der Waals surface area contributed by atoms with Crippen LogP contribution in [-0.4, -0.2) is 39.9 Å². The van der Waals surface area contributed by atoms with Gasteiger partial charge in [0.15, 0.2) is 0 Å². The third-order valence-corrected chi connectivity index (χ3v) is 6.49. The molecule has 1 aromatic heterocycles. The van der Waals surface area contributed by atoms with Crippen LogP contribution in [0.1, 0.15) is 34.9 Å². The Bertz CT molecular complexity index is 1210. The van der Waals surface area contributed by atoms with Gasteiger partial charge in [-0.1, -0.05) is 30.3 Å². The number of ether oxygens (including phenoxy) is 1. The normalized spacial score (nSPS) is 20.8. The number of rotatable bonds is 6. The number of fused-ring (bicyclic) bond motifs is 1. The van der Waals surface area contributed by atoms with Crippen molar-refractivity contribution in [2.75, 3.05) is 6.61 Å². The zero-order valence-electron chi connectivity index (χ0n) is 18.8. The molecule has 5 rings (SSSR count). The van der Waals surface area contributed by atoms with Crippen molar-refractivity contribution in [2.45, 2.75) is 44.1 Å². The quantitative estimate of drug-likeness (QED) is 0.391. The van der Waals surface area contributed by atoms with Gasteiger partial charge in [-0.25, -0.2) is 13.8 Å². The van der Waals surface area contributed by atoms with Crippen molar-refractivity contribution in [1.82, 2.24) is 15.3 Å². The number of hydrogen-bond acceptors (Lipinski definition) is 4. The van der Waals surface area contributed by atoms with Gasteiger partial charge in [-0.3, -0.25) is 0 Å². The number of aliphatic hydroxyl groups excluding tert-OH is 1. The lowest BCUT2D eigenvalue weighted by atomic mass is 9.82. The molecule has 0 bridgehead atoms. The van der Waals surface area contributed by atoms with E-state index in [2.05, 4.69) is 15.3 Å². The monoisotopic (exact) mass is 463 g/mol. The minimum atomic E-state index is -0.626. The highest BCUT2D eigenvalue weighted by molar-refractivity contribution is 5.75. The van der Waals surface area contributed by atoms with E-state index in [4.69, 9.17) is 4.74 Å². The van der Waals surface area contributed by atoms with Crippen LogP contribution in [0.15, 0.2) is 66.7 Å². The van der Waals surface area contributed by atoms with Crippen LogP contribution in [0, 0.1) is 18.6 Å². The number of hydrogen-bond donors (Lipinski definition) is 3. The van der Waals surface area contributed by atoms with Crippen molar-refractivity contribution >= 4 is 11.0 Å². The van der Waals surface area contributed by atoms with E-state index in [0.717, 1.165) is 33.5 Å². The Morgan fingerprint density at radius 3 is 2.29 bits per heavy atom. The van der Waals surface area contributed by atoms with E-state index < -0.39 is 6.10 Å². The summed E-state index contributed by atoms with van der Waals surface area (Å²) in [6.45, 7) is 2.83. The maximum Gasteiger partial charge on any atom is 0.123 e. The van der Waals surface area contributed by atoms with Crippen LogP contribution in [0.4, 0.5) is 8.78 Å². The molecular formula is C27H27F2N3O2. The number of H-pyrrole nitrogens is 1. The van der Waals surface area contributed by atoms with E-state index in [9.17, 15) is 13.9 Å². The first-order valence-electron chi connectivity index (χ1n) is 11.5. The van der Waals surface area contributed by atoms with Crippen molar-refractivity contribution in [3.8, 4) is 0 Å². The Balaban J connectivity index is 1.29. The van der Waals surface area contributed by atoms with Crippen LogP contribution in [0.2, 0.25) is 0 Å². The molecule has 0 aliphatic carbocycles. The van der Waals surface area contributed by atoms with E-state index >= 15 is 0 Å². The first-order valence-corrected chi connectivity index (χ1v) is 11.5. The molecular weight excluding hydrogens is 436 g/mol. The minimum absolute atomic E-state index is 0.227. The number of halogens is 2. The van der Waals surface area contributed by atoms with Crippen molar-refractivity contribution in [2.24, 2.45) is 0 Å². The summed E-state index contributed by atoms with van der Waals surface area (Å²) < 4.78 is 33.3. The summed E-state index contributed by atoms with van der Waals surface area (Å²) in [6, 6.07) is 18.4. The largest absolute Gasteiger partial charge is 0.391 e. The SMILES string of the molecule is Cc1nc2cc(CNC3COC(C(c4ccc(F)cc4)c4ccc(F)cc4)CC3O)ccc2[nH]1. The summed E-state index contributed by atoms with van der Waals surface area (Å²) in [6.07, 6.45) is -0.555. The zero-order valence-corrected chi connectivity index (χ0v) is 18.8. The van der Waals surface area contributed by atoms with Gasteiger partial charge >= 0.3 is 0 Å². The van der Waals surface area contributed by atoms with Gasteiger partial charge in [0.25, 0.3) is 0 Å². The van der Waals surface area contributed by atoms with Gasteiger partial charge in [-0.05, 0) is 60.0 Å². The number of imidazole rings is 1. The van der Waals surface area contributed by atoms with Gasteiger partial charge in [0.1, 0.15) is 17.5 Å². The minimum Gasteiger partial charge on any atom is -0.391 e. The second kappa shape index (κ2) is 9.62. The van der Waals surface area contributed by atoms with E-state index in [0.29, 0.717) is 19.6 Å². The Hall–Kier alpha value is -3.13. The predicted molar refractivity (Wildman–Crippen MR) is 126 cm³/mol. The third kappa shape index (κ3) is 4.87. The average Bonchev–Trinajstić information content (AvgIpc) is 3.20. The number of aromatic nitrogens is 2. The van der Waals surface area contributed by atoms with Gasteiger partial charge in [-0.15, -0.1) is 0 Å². The number of aryl methyl sites for hydroxylation is 1. The number of nitrogens with one attached hydrogen (secondary N) is 2. The van der Waals surface area contributed by atoms with Crippen LogP contribution in [0.5, 0.6) is 0 Å². The molecule has 3 N–H and O–H groups in total. The molecule has 176 valence electrons. The van der Waals surface area contributed by atoms with Crippen molar-refractivity contribution in [3.05, 3.63) is 101 Å². The van der Waals surface area contributed by atoms with E-state index in [1.807, 2.05) is 25.1 Å². The highest BCUT2D eigenvalue weighted by Gasteiger charge is 2.35. The van der Waals surface area contributed by atoms with Gasteiger partial charge in [0.2, 0.25) is 0 Å². The molecule has 0 radical (unpaired) electrons. The summed E-state index contributed by atoms with van der Waals surface area (Å²) in [5.41, 5.74) is 4.71. The molecule has 3 atom stereocenters. The van der Waals surface area contributed by atoms with Gasteiger partial charge < -0.3 is 20.1 Å². The summed E-state index contributed by atoms with van der Waals surface area (Å²) >= 11 is 0. The lowest BCUT2D eigenvalue weighted by molar-refractivity contribution is -0.0718. The smallest absolute Gasteiger partial charge is 0.123 e.